The largest absolute Gasteiger partial charge is 0.0952 e. The highest BCUT2D eigenvalue weighted by Crippen LogP contribution is 2.23. The summed E-state index contributed by atoms with van der Waals surface area (Å²) in [5, 5.41) is 0. The Balaban J connectivity index is 2.63. The van der Waals surface area contributed by atoms with Crippen LogP contribution in [0, 0.1) is 11.8 Å². The van der Waals surface area contributed by atoms with Gasteiger partial charge in [-0.05, 0) is 29.4 Å². The third kappa shape index (κ3) is 2.37. The maximum absolute atomic E-state index is 4.03. The van der Waals surface area contributed by atoms with Gasteiger partial charge in [-0.2, -0.15) is 0 Å². The molecule has 1 aliphatic rings. The fraction of sp³-hybridized carbons (Fsp3) is 0.500. The molecule has 1 rings (SSSR count). The van der Waals surface area contributed by atoms with Crippen LogP contribution in [0.25, 0.3) is 0 Å². The average Bonchev–Trinajstić information content (AvgIpc) is 1.96. The van der Waals surface area contributed by atoms with Crippen molar-refractivity contribution in [1.29, 1.82) is 0 Å². The van der Waals surface area contributed by atoms with Crippen molar-refractivity contribution in [2.24, 2.45) is 11.8 Å². The molecule has 0 N–H and O–H groups in total. The summed E-state index contributed by atoms with van der Waals surface area (Å²) < 4.78 is 0. The fourth-order valence-corrected chi connectivity index (χ4v) is 1.41. The maximum atomic E-state index is 4.03. The zero-order valence-electron chi connectivity index (χ0n) is 8.30. The van der Waals surface area contributed by atoms with Gasteiger partial charge in [-0.25, -0.2) is 0 Å². The zero-order chi connectivity index (χ0) is 9.14. The predicted octanol–water partition coefficient (Wildman–Crippen LogP) is 3.72. The van der Waals surface area contributed by atoms with E-state index in [0.717, 1.165) is 5.92 Å². The molecule has 1 aliphatic carbocycles. The van der Waals surface area contributed by atoms with Gasteiger partial charge in [0.25, 0.3) is 0 Å². The minimum Gasteiger partial charge on any atom is -0.0952 e. The minimum absolute atomic E-state index is 0.529. The van der Waals surface area contributed by atoms with E-state index in [1.165, 1.54) is 17.6 Å². The van der Waals surface area contributed by atoms with E-state index in [1.807, 2.05) is 0 Å². The summed E-state index contributed by atoms with van der Waals surface area (Å²) >= 11 is 0. The molecule has 0 radical (unpaired) electrons. The lowest BCUT2D eigenvalue weighted by molar-refractivity contribution is 0.646. The smallest absolute Gasteiger partial charge is 0.00130 e. The van der Waals surface area contributed by atoms with E-state index in [2.05, 4.69) is 45.6 Å². The second-order valence-corrected chi connectivity index (χ2v) is 4.04. The quantitative estimate of drug-likeness (QED) is 0.580. The highest BCUT2D eigenvalue weighted by atomic mass is 14.1. The van der Waals surface area contributed by atoms with Crippen molar-refractivity contribution in [2.75, 3.05) is 0 Å². The lowest BCUT2D eigenvalue weighted by Gasteiger charge is -2.15. The van der Waals surface area contributed by atoms with Gasteiger partial charge in [-0.3, -0.25) is 0 Å². The van der Waals surface area contributed by atoms with Gasteiger partial charge in [-0.1, -0.05) is 45.6 Å². The van der Waals surface area contributed by atoms with E-state index in [9.17, 15) is 0 Å². The highest BCUT2D eigenvalue weighted by molar-refractivity contribution is 5.37. The van der Waals surface area contributed by atoms with Gasteiger partial charge in [0, 0.05) is 0 Å². The molecule has 0 aromatic heterocycles. The number of rotatable bonds is 2. The number of hydrogen-bond donors (Lipinski definition) is 0. The highest BCUT2D eigenvalue weighted by Gasteiger charge is 2.07. The SMILES string of the molecule is C=C1C=C(CC(C)C)C=CC1C. The van der Waals surface area contributed by atoms with E-state index >= 15 is 0 Å². The first-order chi connectivity index (χ1) is 5.59. The van der Waals surface area contributed by atoms with Crippen LogP contribution in [0.4, 0.5) is 0 Å². The van der Waals surface area contributed by atoms with E-state index in [0.29, 0.717) is 5.92 Å². The lowest BCUT2D eigenvalue weighted by Crippen LogP contribution is -2.00. The Morgan fingerprint density at radius 2 is 2.17 bits per heavy atom. The Hall–Kier alpha value is -0.780. The van der Waals surface area contributed by atoms with Gasteiger partial charge in [0.05, 0.1) is 0 Å². The first-order valence-electron chi connectivity index (χ1n) is 4.67. The van der Waals surface area contributed by atoms with Crippen LogP contribution in [0.3, 0.4) is 0 Å². The Labute approximate surface area is 75.7 Å². The molecule has 0 nitrogen and oxygen atoms in total. The molecule has 0 saturated carbocycles. The van der Waals surface area contributed by atoms with Crippen molar-refractivity contribution in [3.63, 3.8) is 0 Å². The van der Waals surface area contributed by atoms with Crippen LogP contribution in [0.15, 0.2) is 36.0 Å². The topological polar surface area (TPSA) is 0 Å². The molecule has 0 saturated heterocycles. The molecule has 0 bridgehead atoms. The summed E-state index contributed by atoms with van der Waals surface area (Å²) in [5.74, 6) is 1.27. The second-order valence-electron chi connectivity index (χ2n) is 4.04. The summed E-state index contributed by atoms with van der Waals surface area (Å²) in [6, 6.07) is 0. The Bertz CT molecular complexity index is 228. The molecule has 1 unspecified atom stereocenters. The fourth-order valence-electron chi connectivity index (χ4n) is 1.41. The molecular formula is C12H18. The number of allylic oxidation sites excluding steroid dienone is 5. The van der Waals surface area contributed by atoms with Crippen LogP contribution < -0.4 is 0 Å². The molecule has 0 amide bonds. The Morgan fingerprint density at radius 3 is 2.67 bits per heavy atom. The Kier molecular flexibility index (Phi) is 2.91. The van der Waals surface area contributed by atoms with E-state index in [1.54, 1.807) is 0 Å². The van der Waals surface area contributed by atoms with Crippen LogP contribution in [-0.2, 0) is 0 Å². The summed E-state index contributed by atoms with van der Waals surface area (Å²) in [5.41, 5.74) is 2.67. The van der Waals surface area contributed by atoms with Crippen LogP contribution in [0.1, 0.15) is 27.2 Å². The monoisotopic (exact) mass is 162 g/mol. The summed E-state index contributed by atoms with van der Waals surface area (Å²) in [6.07, 6.45) is 7.87. The molecule has 0 fully saturated rings. The Morgan fingerprint density at radius 1 is 1.50 bits per heavy atom. The maximum Gasteiger partial charge on any atom is -0.00130 e. The minimum atomic E-state index is 0.529. The summed E-state index contributed by atoms with van der Waals surface area (Å²) in [4.78, 5) is 0. The molecule has 12 heavy (non-hydrogen) atoms. The van der Waals surface area contributed by atoms with Gasteiger partial charge in [0.2, 0.25) is 0 Å². The zero-order valence-corrected chi connectivity index (χ0v) is 8.30. The van der Waals surface area contributed by atoms with Gasteiger partial charge in [0.15, 0.2) is 0 Å². The summed E-state index contributed by atoms with van der Waals surface area (Å²) in [6.45, 7) is 10.7. The molecular weight excluding hydrogens is 144 g/mol. The molecule has 0 aromatic carbocycles. The predicted molar refractivity (Wildman–Crippen MR) is 55.0 cm³/mol. The molecule has 0 aromatic rings. The van der Waals surface area contributed by atoms with Crippen LogP contribution in [0.2, 0.25) is 0 Å². The van der Waals surface area contributed by atoms with Crippen molar-refractivity contribution in [1.82, 2.24) is 0 Å². The van der Waals surface area contributed by atoms with Gasteiger partial charge >= 0.3 is 0 Å². The number of hydrogen-bond acceptors (Lipinski definition) is 0. The van der Waals surface area contributed by atoms with Gasteiger partial charge in [0.1, 0.15) is 0 Å². The van der Waals surface area contributed by atoms with E-state index in [4.69, 9.17) is 0 Å². The third-order valence-corrected chi connectivity index (χ3v) is 2.20. The van der Waals surface area contributed by atoms with Crippen molar-refractivity contribution >= 4 is 0 Å². The van der Waals surface area contributed by atoms with E-state index < -0.39 is 0 Å². The lowest BCUT2D eigenvalue weighted by atomic mass is 9.90. The first-order valence-corrected chi connectivity index (χ1v) is 4.67. The second kappa shape index (κ2) is 3.75. The molecule has 0 heteroatoms. The normalized spacial score (nSPS) is 23.2. The van der Waals surface area contributed by atoms with Crippen molar-refractivity contribution in [3.8, 4) is 0 Å². The standard InChI is InChI=1S/C12H18/c1-9(2)7-12-6-5-10(3)11(4)8-12/h5-6,8-10H,4,7H2,1-3H3. The molecule has 66 valence electrons. The average molecular weight is 162 g/mol. The van der Waals surface area contributed by atoms with Gasteiger partial charge < -0.3 is 0 Å². The molecule has 1 atom stereocenters. The van der Waals surface area contributed by atoms with Crippen molar-refractivity contribution < 1.29 is 0 Å². The van der Waals surface area contributed by atoms with Crippen LogP contribution in [0.5, 0.6) is 0 Å². The van der Waals surface area contributed by atoms with Crippen LogP contribution in [-0.4, -0.2) is 0 Å². The van der Waals surface area contributed by atoms with E-state index in [-0.39, 0.29) is 0 Å². The molecule has 0 spiro atoms. The first kappa shape index (κ1) is 9.31. The van der Waals surface area contributed by atoms with Gasteiger partial charge in [-0.15, -0.1) is 0 Å². The van der Waals surface area contributed by atoms with Crippen molar-refractivity contribution in [3.05, 3.63) is 36.0 Å². The molecule has 0 heterocycles. The van der Waals surface area contributed by atoms with Crippen molar-refractivity contribution in [2.45, 2.75) is 27.2 Å². The molecule has 0 aliphatic heterocycles. The third-order valence-electron chi connectivity index (χ3n) is 2.20. The van der Waals surface area contributed by atoms with Crippen LogP contribution >= 0.6 is 0 Å². The summed E-state index contributed by atoms with van der Waals surface area (Å²) in [7, 11) is 0.